The Bertz CT molecular complexity index is 615. The van der Waals surface area contributed by atoms with Crippen LogP contribution in [0.15, 0.2) is 54.6 Å². The zero-order valence-electron chi connectivity index (χ0n) is 11.2. The van der Waals surface area contributed by atoms with Gasteiger partial charge in [0.25, 0.3) is 0 Å². The highest BCUT2D eigenvalue weighted by molar-refractivity contribution is 6.30. The number of hydrogen-bond acceptors (Lipinski definition) is 2. The number of ether oxygens (including phenoxy) is 1. The normalized spacial score (nSPS) is 10.7. The second-order valence-corrected chi connectivity index (χ2v) is 4.69. The van der Waals surface area contributed by atoms with E-state index in [-0.39, 0.29) is 12.4 Å². The van der Waals surface area contributed by atoms with Crippen molar-refractivity contribution in [2.75, 3.05) is 6.61 Å². The van der Waals surface area contributed by atoms with Gasteiger partial charge in [0.05, 0.1) is 0 Å². The summed E-state index contributed by atoms with van der Waals surface area (Å²) in [4.78, 5) is 12.0. The molecule has 2 rings (SSSR count). The number of para-hydroxylation sites is 1. The lowest BCUT2D eigenvalue weighted by molar-refractivity contribution is 0.0921. The Morgan fingerprint density at radius 3 is 2.55 bits per heavy atom. The molecule has 102 valence electrons. The van der Waals surface area contributed by atoms with Crippen molar-refractivity contribution in [2.24, 2.45) is 0 Å². The van der Waals surface area contributed by atoms with Crippen LogP contribution in [0.2, 0.25) is 5.02 Å². The monoisotopic (exact) mass is 286 g/mol. The van der Waals surface area contributed by atoms with E-state index in [1.165, 1.54) is 0 Å². The molecule has 2 nitrogen and oxygen atoms in total. The Hall–Kier alpha value is -2.06. The minimum atomic E-state index is -0.0723. The van der Waals surface area contributed by atoms with E-state index in [9.17, 15) is 4.79 Å². The first-order chi connectivity index (χ1) is 9.70. The van der Waals surface area contributed by atoms with Crippen molar-refractivity contribution in [3.63, 3.8) is 0 Å². The third-order valence-electron chi connectivity index (χ3n) is 2.79. The summed E-state index contributed by atoms with van der Waals surface area (Å²) < 4.78 is 5.60. The van der Waals surface area contributed by atoms with E-state index in [0.29, 0.717) is 16.3 Å². The first kappa shape index (κ1) is 14.4. The van der Waals surface area contributed by atoms with Crippen molar-refractivity contribution in [1.29, 1.82) is 0 Å². The van der Waals surface area contributed by atoms with E-state index in [4.69, 9.17) is 16.3 Å². The van der Waals surface area contributed by atoms with Gasteiger partial charge in [-0.3, -0.25) is 4.79 Å². The lowest BCUT2D eigenvalue weighted by atomic mass is 10.1. The SMILES string of the molecule is CC=Cc1ccccc1OCC(=O)c1ccc(Cl)cc1. The minimum absolute atomic E-state index is 0.0101. The van der Waals surface area contributed by atoms with Crippen LogP contribution in [-0.4, -0.2) is 12.4 Å². The second-order valence-electron chi connectivity index (χ2n) is 4.26. The summed E-state index contributed by atoms with van der Waals surface area (Å²) >= 11 is 5.79. The zero-order valence-corrected chi connectivity index (χ0v) is 11.9. The number of halogens is 1. The molecule has 0 bridgehead atoms. The fourth-order valence-corrected chi connectivity index (χ4v) is 1.92. The second kappa shape index (κ2) is 6.92. The van der Waals surface area contributed by atoms with Gasteiger partial charge in [0.2, 0.25) is 0 Å². The molecule has 0 fully saturated rings. The summed E-state index contributed by atoms with van der Waals surface area (Å²) in [6, 6.07) is 14.4. The van der Waals surface area contributed by atoms with Crippen molar-refractivity contribution in [3.05, 3.63) is 70.8 Å². The number of rotatable bonds is 5. The average molecular weight is 287 g/mol. The molecule has 0 N–H and O–H groups in total. The Balaban J connectivity index is 2.05. The van der Waals surface area contributed by atoms with Gasteiger partial charge in [-0.25, -0.2) is 0 Å². The molecular weight excluding hydrogens is 272 g/mol. The van der Waals surface area contributed by atoms with Gasteiger partial charge in [0, 0.05) is 16.1 Å². The first-order valence-corrected chi connectivity index (χ1v) is 6.72. The molecule has 3 heteroatoms. The van der Waals surface area contributed by atoms with Crippen LogP contribution in [0.3, 0.4) is 0 Å². The fourth-order valence-electron chi connectivity index (χ4n) is 1.79. The Morgan fingerprint density at radius 1 is 1.15 bits per heavy atom. The van der Waals surface area contributed by atoms with Crippen LogP contribution in [0.5, 0.6) is 5.75 Å². The predicted octanol–water partition coefficient (Wildman–Crippen LogP) is 4.63. The van der Waals surface area contributed by atoms with Gasteiger partial charge in [-0.2, -0.15) is 0 Å². The lowest BCUT2D eigenvalue weighted by Gasteiger charge is -2.08. The Morgan fingerprint density at radius 2 is 1.85 bits per heavy atom. The molecule has 0 aliphatic rings. The first-order valence-electron chi connectivity index (χ1n) is 6.34. The third-order valence-corrected chi connectivity index (χ3v) is 3.04. The van der Waals surface area contributed by atoms with Crippen LogP contribution in [0.1, 0.15) is 22.8 Å². The van der Waals surface area contributed by atoms with Gasteiger partial charge in [-0.05, 0) is 37.3 Å². The number of hydrogen-bond donors (Lipinski definition) is 0. The smallest absolute Gasteiger partial charge is 0.200 e. The molecule has 0 amide bonds. The number of carbonyl (C=O) groups excluding carboxylic acids is 1. The van der Waals surface area contributed by atoms with Crippen molar-refractivity contribution < 1.29 is 9.53 Å². The Kier molecular flexibility index (Phi) is 4.97. The van der Waals surface area contributed by atoms with E-state index in [0.717, 1.165) is 5.56 Å². The van der Waals surface area contributed by atoms with Gasteiger partial charge in [-0.15, -0.1) is 0 Å². The molecule has 0 heterocycles. The van der Waals surface area contributed by atoms with Crippen LogP contribution < -0.4 is 4.74 Å². The highest BCUT2D eigenvalue weighted by Crippen LogP contribution is 2.20. The van der Waals surface area contributed by atoms with E-state index in [2.05, 4.69) is 0 Å². The van der Waals surface area contributed by atoms with Gasteiger partial charge in [-0.1, -0.05) is 42.0 Å². The molecule has 2 aromatic carbocycles. The maximum atomic E-state index is 12.0. The van der Waals surface area contributed by atoms with Crippen LogP contribution in [0.25, 0.3) is 6.08 Å². The standard InChI is InChI=1S/C17H15ClO2/c1-2-5-14-6-3-4-7-17(14)20-12-16(19)13-8-10-15(18)11-9-13/h2-11H,12H2,1H3. The van der Waals surface area contributed by atoms with E-state index in [1.54, 1.807) is 24.3 Å². The molecule has 2 aromatic rings. The largest absolute Gasteiger partial charge is 0.485 e. The van der Waals surface area contributed by atoms with Crippen LogP contribution in [0.4, 0.5) is 0 Å². The quantitative estimate of drug-likeness (QED) is 0.749. The molecule has 0 aliphatic carbocycles. The van der Waals surface area contributed by atoms with Crippen LogP contribution in [-0.2, 0) is 0 Å². The van der Waals surface area contributed by atoms with Crippen molar-refractivity contribution in [2.45, 2.75) is 6.92 Å². The maximum absolute atomic E-state index is 12.0. The van der Waals surface area contributed by atoms with Crippen LogP contribution in [0, 0.1) is 0 Å². The summed E-state index contributed by atoms with van der Waals surface area (Å²) in [6.07, 6.45) is 3.88. The number of benzene rings is 2. The average Bonchev–Trinajstić information content (AvgIpc) is 2.47. The molecule has 0 saturated heterocycles. The molecule has 0 unspecified atom stereocenters. The zero-order chi connectivity index (χ0) is 14.4. The van der Waals surface area contributed by atoms with E-state index >= 15 is 0 Å². The van der Waals surface area contributed by atoms with Gasteiger partial charge < -0.3 is 4.74 Å². The van der Waals surface area contributed by atoms with Gasteiger partial charge in [0.15, 0.2) is 12.4 Å². The van der Waals surface area contributed by atoms with Crippen molar-refractivity contribution in [3.8, 4) is 5.75 Å². The topological polar surface area (TPSA) is 26.3 Å². The van der Waals surface area contributed by atoms with Gasteiger partial charge >= 0.3 is 0 Å². The molecule has 0 aromatic heterocycles. The lowest BCUT2D eigenvalue weighted by Crippen LogP contribution is -2.11. The summed E-state index contributed by atoms with van der Waals surface area (Å²) in [5, 5.41) is 0.612. The van der Waals surface area contributed by atoms with E-state index < -0.39 is 0 Å². The molecular formula is C17H15ClO2. The summed E-state index contributed by atoms with van der Waals surface area (Å²) in [7, 11) is 0. The minimum Gasteiger partial charge on any atom is -0.485 e. The number of allylic oxidation sites excluding steroid dienone is 1. The molecule has 0 saturated carbocycles. The number of carbonyl (C=O) groups is 1. The summed E-state index contributed by atoms with van der Waals surface area (Å²) in [6.45, 7) is 1.95. The Labute approximate surface area is 123 Å². The summed E-state index contributed by atoms with van der Waals surface area (Å²) in [5.74, 6) is 0.630. The maximum Gasteiger partial charge on any atom is 0.200 e. The highest BCUT2D eigenvalue weighted by Gasteiger charge is 2.08. The fraction of sp³-hybridized carbons (Fsp3) is 0.118. The van der Waals surface area contributed by atoms with Crippen LogP contribution >= 0.6 is 11.6 Å². The van der Waals surface area contributed by atoms with E-state index in [1.807, 2.05) is 43.3 Å². The van der Waals surface area contributed by atoms with Gasteiger partial charge in [0.1, 0.15) is 5.75 Å². The number of ketones is 1. The predicted molar refractivity (Wildman–Crippen MR) is 82.4 cm³/mol. The third kappa shape index (κ3) is 3.72. The molecule has 0 spiro atoms. The highest BCUT2D eigenvalue weighted by atomic mass is 35.5. The molecule has 0 aliphatic heterocycles. The molecule has 0 radical (unpaired) electrons. The summed E-state index contributed by atoms with van der Waals surface area (Å²) in [5.41, 5.74) is 1.55. The molecule has 0 atom stereocenters. The van der Waals surface area contributed by atoms with Crippen molar-refractivity contribution in [1.82, 2.24) is 0 Å². The number of Topliss-reactive ketones (excluding diaryl/α,β-unsaturated/α-hetero) is 1. The molecule has 20 heavy (non-hydrogen) atoms. The van der Waals surface area contributed by atoms with Crippen molar-refractivity contribution >= 4 is 23.5 Å².